The van der Waals surface area contributed by atoms with E-state index in [9.17, 15) is 9.59 Å². The van der Waals surface area contributed by atoms with Gasteiger partial charge in [-0.05, 0) is 44.3 Å². The van der Waals surface area contributed by atoms with Gasteiger partial charge in [0.1, 0.15) is 12.4 Å². The number of ether oxygens (including phenoxy) is 4. The second-order valence-corrected chi connectivity index (χ2v) is 9.36. The SMILES string of the molecule is C=CCOc1c(C=NNC(=O)COc2ccccc2[C@H]2NC(=S)NC(C)=C2C(=O)OCC)cc(Br)cc1OC. The number of thiocarbonyl (C=S) groups is 1. The largest absolute Gasteiger partial charge is 0.493 e. The van der Waals surface area contributed by atoms with Crippen molar-refractivity contribution < 1.29 is 28.5 Å². The smallest absolute Gasteiger partial charge is 0.338 e. The van der Waals surface area contributed by atoms with Crippen LogP contribution in [0.5, 0.6) is 17.2 Å². The van der Waals surface area contributed by atoms with Crippen molar-refractivity contribution in [3.05, 3.63) is 75.9 Å². The molecule has 1 aliphatic rings. The molecule has 1 heterocycles. The Morgan fingerprint density at radius 1 is 1.23 bits per heavy atom. The number of methoxy groups -OCH3 is 1. The Kier molecular flexibility index (Phi) is 10.9. The van der Waals surface area contributed by atoms with Gasteiger partial charge in [-0.3, -0.25) is 4.79 Å². The number of para-hydroxylation sites is 1. The van der Waals surface area contributed by atoms with Gasteiger partial charge < -0.3 is 29.6 Å². The fraction of sp³-hybridized carbons (Fsp3) is 0.259. The molecule has 3 rings (SSSR count). The second kappa shape index (κ2) is 14.3. The highest BCUT2D eigenvalue weighted by Gasteiger charge is 2.32. The summed E-state index contributed by atoms with van der Waals surface area (Å²) in [6.45, 7) is 7.29. The first-order valence-corrected chi connectivity index (χ1v) is 13.1. The van der Waals surface area contributed by atoms with Crippen LogP contribution >= 0.6 is 28.1 Å². The number of hydrogen-bond donors (Lipinski definition) is 3. The van der Waals surface area contributed by atoms with Crippen molar-refractivity contribution in [2.24, 2.45) is 5.10 Å². The average molecular weight is 618 g/mol. The van der Waals surface area contributed by atoms with Crippen LogP contribution in [0.15, 0.2) is 69.9 Å². The molecule has 1 aliphatic heterocycles. The molecule has 0 radical (unpaired) electrons. The number of carbonyl (C=O) groups excluding carboxylic acids is 2. The molecule has 2 aromatic carbocycles. The molecule has 0 saturated heterocycles. The highest BCUT2D eigenvalue weighted by molar-refractivity contribution is 9.10. The Bertz CT molecular complexity index is 1310. The zero-order valence-electron chi connectivity index (χ0n) is 21.7. The van der Waals surface area contributed by atoms with E-state index in [-0.39, 0.29) is 19.8 Å². The minimum Gasteiger partial charge on any atom is -0.493 e. The maximum absolute atomic E-state index is 12.7. The van der Waals surface area contributed by atoms with E-state index >= 15 is 0 Å². The lowest BCUT2D eigenvalue weighted by atomic mass is 9.95. The highest BCUT2D eigenvalue weighted by Crippen LogP contribution is 2.35. The zero-order chi connectivity index (χ0) is 28.4. The first-order chi connectivity index (χ1) is 18.8. The van der Waals surface area contributed by atoms with E-state index in [0.717, 1.165) is 4.47 Å². The summed E-state index contributed by atoms with van der Waals surface area (Å²) >= 11 is 8.73. The molecular weight excluding hydrogens is 588 g/mol. The van der Waals surface area contributed by atoms with Crippen LogP contribution in [0.25, 0.3) is 0 Å². The summed E-state index contributed by atoms with van der Waals surface area (Å²) < 4.78 is 22.9. The van der Waals surface area contributed by atoms with Crippen molar-refractivity contribution in [1.82, 2.24) is 16.1 Å². The number of hydrazone groups is 1. The molecule has 0 saturated carbocycles. The number of halogens is 1. The molecule has 10 nitrogen and oxygen atoms in total. The van der Waals surface area contributed by atoms with Gasteiger partial charge >= 0.3 is 5.97 Å². The van der Waals surface area contributed by atoms with Gasteiger partial charge in [-0.15, -0.1) is 0 Å². The van der Waals surface area contributed by atoms with Crippen LogP contribution in [0.4, 0.5) is 0 Å². The van der Waals surface area contributed by atoms with Crippen LogP contribution in [0.1, 0.15) is 31.0 Å². The summed E-state index contributed by atoms with van der Waals surface area (Å²) in [4.78, 5) is 25.3. The molecule has 0 aromatic heterocycles. The van der Waals surface area contributed by atoms with E-state index in [4.69, 9.17) is 31.2 Å². The molecule has 2 aromatic rings. The van der Waals surface area contributed by atoms with E-state index in [2.05, 4.69) is 43.7 Å². The molecule has 3 N–H and O–H groups in total. The number of allylic oxidation sites excluding steroid dienone is 1. The Balaban J connectivity index is 1.74. The Labute approximate surface area is 240 Å². The normalized spacial score (nSPS) is 14.8. The number of amides is 1. The first-order valence-electron chi connectivity index (χ1n) is 11.9. The van der Waals surface area contributed by atoms with Crippen molar-refractivity contribution in [1.29, 1.82) is 0 Å². The van der Waals surface area contributed by atoms with Gasteiger partial charge in [-0.2, -0.15) is 5.10 Å². The maximum Gasteiger partial charge on any atom is 0.338 e. The number of nitrogens with zero attached hydrogens (tertiary/aromatic N) is 1. The summed E-state index contributed by atoms with van der Waals surface area (Å²) in [6, 6.07) is 9.96. The van der Waals surface area contributed by atoms with Crippen molar-refractivity contribution in [2.75, 3.05) is 26.9 Å². The molecule has 0 aliphatic carbocycles. The monoisotopic (exact) mass is 616 g/mol. The third-order valence-corrected chi connectivity index (χ3v) is 6.04. The summed E-state index contributed by atoms with van der Waals surface area (Å²) in [5, 5.41) is 10.4. The molecule has 0 unspecified atom stereocenters. The minimum absolute atomic E-state index is 0.222. The quantitative estimate of drug-likeness (QED) is 0.107. The highest BCUT2D eigenvalue weighted by atomic mass is 79.9. The number of hydrogen-bond acceptors (Lipinski definition) is 8. The van der Waals surface area contributed by atoms with Gasteiger partial charge in [0.2, 0.25) is 0 Å². The topological polar surface area (TPSA) is 120 Å². The van der Waals surface area contributed by atoms with Gasteiger partial charge in [-0.1, -0.05) is 46.8 Å². The van der Waals surface area contributed by atoms with E-state index in [1.807, 2.05) is 0 Å². The Morgan fingerprint density at radius 2 is 2.00 bits per heavy atom. The lowest BCUT2D eigenvalue weighted by Crippen LogP contribution is -2.45. The summed E-state index contributed by atoms with van der Waals surface area (Å²) in [5.74, 6) is 0.367. The zero-order valence-corrected chi connectivity index (χ0v) is 24.1. The molecule has 0 fully saturated rings. The Morgan fingerprint density at radius 3 is 2.72 bits per heavy atom. The molecule has 39 heavy (non-hydrogen) atoms. The van der Waals surface area contributed by atoms with Gasteiger partial charge in [0, 0.05) is 21.3 Å². The van der Waals surface area contributed by atoms with Crippen molar-refractivity contribution in [3.8, 4) is 17.2 Å². The van der Waals surface area contributed by atoms with Gasteiger partial charge in [0.05, 0.1) is 31.5 Å². The first kappa shape index (κ1) is 29.7. The summed E-state index contributed by atoms with van der Waals surface area (Å²) in [6.07, 6.45) is 3.05. The molecule has 1 atom stereocenters. The third kappa shape index (κ3) is 7.80. The van der Waals surface area contributed by atoms with E-state index < -0.39 is 17.9 Å². The predicted molar refractivity (Wildman–Crippen MR) is 155 cm³/mol. The summed E-state index contributed by atoms with van der Waals surface area (Å²) in [5.41, 5.74) is 4.58. The number of esters is 1. The predicted octanol–water partition coefficient (Wildman–Crippen LogP) is 3.91. The Hall–Kier alpha value is -3.90. The molecule has 1 amide bonds. The molecule has 206 valence electrons. The maximum atomic E-state index is 12.7. The number of benzene rings is 2. The van der Waals surface area contributed by atoms with Crippen LogP contribution in [-0.2, 0) is 14.3 Å². The van der Waals surface area contributed by atoms with E-state index in [1.165, 1.54) is 13.3 Å². The minimum atomic E-state index is -0.629. The second-order valence-electron chi connectivity index (χ2n) is 8.04. The van der Waals surface area contributed by atoms with Crippen molar-refractivity contribution in [3.63, 3.8) is 0 Å². The van der Waals surface area contributed by atoms with Crippen LogP contribution < -0.4 is 30.3 Å². The molecule has 0 spiro atoms. The average Bonchev–Trinajstić information content (AvgIpc) is 2.90. The van der Waals surface area contributed by atoms with Gasteiger partial charge in [0.25, 0.3) is 5.91 Å². The number of nitrogens with one attached hydrogen (secondary N) is 3. The van der Waals surface area contributed by atoms with Gasteiger partial charge in [0.15, 0.2) is 23.2 Å². The van der Waals surface area contributed by atoms with E-state index in [0.29, 0.717) is 44.8 Å². The number of rotatable bonds is 12. The molecule has 0 bridgehead atoms. The third-order valence-electron chi connectivity index (χ3n) is 5.36. The van der Waals surface area contributed by atoms with Crippen molar-refractivity contribution >= 4 is 51.4 Å². The lowest BCUT2D eigenvalue weighted by molar-refractivity contribution is -0.139. The fourth-order valence-corrected chi connectivity index (χ4v) is 4.46. The van der Waals surface area contributed by atoms with Crippen LogP contribution in [0.3, 0.4) is 0 Å². The van der Waals surface area contributed by atoms with Crippen molar-refractivity contribution in [2.45, 2.75) is 19.9 Å². The fourth-order valence-electron chi connectivity index (χ4n) is 3.74. The lowest BCUT2D eigenvalue weighted by Gasteiger charge is -2.30. The van der Waals surface area contributed by atoms with Crippen LogP contribution in [0, 0.1) is 0 Å². The molecule has 12 heteroatoms. The van der Waals surface area contributed by atoms with Crippen LogP contribution in [-0.4, -0.2) is 50.1 Å². The van der Waals surface area contributed by atoms with E-state index in [1.54, 1.807) is 56.3 Å². The molecular formula is C27H29BrN4O6S. The summed E-state index contributed by atoms with van der Waals surface area (Å²) in [7, 11) is 1.53. The standard InChI is InChI=1S/C27H29BrN4O6S/c1-5-11-37-25-17(12-18(28)13-21(25)35-4)14-29-32-22(33)15-38-20-10-8-7-9-19(20)24-23(26(34)36-6-2)16(3)30-27(39)31-24/h5,7-10,12-14,24H,1,6,11,15H2,2-4H3,(H,32,33)(H2,30,31,39)/t24-/m1/s1. The van der Waals surface area contributed by atoms with Crippen LogP contribution in [0.2, 0.25) is 0 Å². The van der Waals surface area contributed by atoms with Gasteiger partial charge in [-0.25, -0.2) is 10.2 Å². The number of carbonyl (C=O) groups is 2.